The summed E-state index contributed by atoms with van der Waals surface area (Å²) in [5, 5.41) is 13.5. The molecule has 4 heteroatoms. The molecule has 0 radical (unpaired) electrons. The Morgan fingerprint density at radius 2 is 1.89 bits per heavy atom. The van der Waals surface area contributed by atoms with Crippen LogP contribution in [0.25, 0.3) is 0 Å². The summed E-state index contributed by atoms with van der Waals surface area (Å²) in [6.45, 7) is 0. The van der Waals surface area contributed by atoms with Crippen LogP contribution >= 0.6 is 0 Å². The van der Waals surface area contributed by atoms with Crippen LogP contribution in [0.3, 0.4) is 0 Å². The van der Waals surface area contributed by atoms with Crippen LogP contribution in [0.2, 0.25) is 0 Å². The summed E-state index contributed by atoms with van der Waals surface area (Å²) >= 11 is 0. The Kier molecular flexibility index (Phi) is 5.22. The first kappa shape index (κ1) is 14.8. The van der Waals surface area contributed by atoms with E-state index in [0.29, 0.717) is 0 Å². The molecule has 2 unspecified atom stereocenters. The van der Waals surface area contributed by atoms with Gasteiger partial charge in [-0.1, -0.05) is 32.1 Å². The second kappa shape index (κ2) is 6.71. The van der Waals surface area contributed by atoms with Crippen LogP contribution < -0.4 is 5.32 Å². The highest BCUT2D eigenvalue weighted by Crippen LogP contribution is 2.31. The Balaban J connectivity index is 1.82. The lowest BCUT2D eigenvalue weighted by molar-refractivity contribution is -0.129. The molecule has 2 aliphatic carbocycles. The van der Waals surface area contributed by atoms with E-state index in [1.807, 2.05) is 0 Å². The van der Waals surface area contributed by atoms with Crippen molar-refractivity contribution in [3.8, 4) is 0 Å². The standard InChI is InChI=1S/C15H27NO3/c1-19-13-8-4-3-7-12(13)16-14(17)11-15(18)9-5-2-6-10-15/h12-13,18H,2-11H2,1H3,(H,16,17). The molecule has 0 bridgehead atoms. The van der Waals surface area contributed by atoms with Gasteiger partial charge in [0, 0.05) is 7.11 Å². The smallest absolute Gasteiger partial charge is 0.223 e. The van der Waals surface area contributed by atoms with Crippen molar-refractivity contribution in [3.63, 3.8) is 0 Å². The van der Waals surface area contributed by atoms with Gasteiger partial charge >= 0.3 is 0 Å². The molecule has 0 aromatic heterocycles. The van der Waals surface area contributed by atoms with Gasteiger partial charge in [0.2, 0.25) is 5.91 Å². The average molecular weight is 269 g/mol. The van der Waals surface area contributed by atoms with Crippen LogP contribution in [-0.2, 0) is 9.53 Å². The van der Waals surface area contributed by atoms with Gasteiger partial charge in [-0.2, -0.15) is 0 Å². The second-order valence-corrected chi connectivity index (χ2v) is 6.19. The number of carbonyl (C=O) groups is 1. The summed E-state index contributed by atoms with van der Waals surface area (Å²) in [4.78, 5) is 12.1. The van der Waals surface area contributed by atoms with Crippen molar-refractivity contribution in [1.82, 2.24) is 5.32 Å². The molecule has 110 valence electrons. The fraction of sp³-hybridized carbons (Fsp3) is 0.933. The third kappa shape index (κ3) is 4.18. The quantitative estimate of drug-likeness (QED) is 0.822. The third-order valence-electron chi connectivity index (χ3n) is 4.63. The Hall–Kier alpha value is -0.610. The van der Waals surface area contributed by atoms with E-state index in [0.717, 1.165) is 44.9 Å². The van der Waals surface area contributed by atoms with Crippen molar-refractivity contribution in [2.24, 2.45) is 0 Å². The molecule has 2 atom stereocenters. The molecule has 4 nitrogen and oxygen atoms in total. The highest BCUT2D eigenvalue weighted by atomic mass is 16.5. The van der Waals surface area contributed by atoms with E-state index in [2.05, 4.69) is 5.32 Å². The molecule has 0 aliphatic heterocycles. The molecule has 0 heterocycles. The fourth-order valence-electron chi connectivity index (χ4n) is 3.49. The van der Waals surface area contributed by atoms with Crippen LogP contribution in [0.5, 0.6) is 0 Å². The van der Waals surface area contributed by atoms with Crippen LogP contribution in [0, 0.1) is 0 Å². The van der Waals surface area contributed by atoms with Crippen LogP contribution in [-0.4, -0.2) is 35.9 Å². The molecule has 2 rings (SSSR count). The molecule has 2 aliphatic rings. The summed E-state index contributed by atoms with van der Waals surface area (Å²) in [5.74, 6) is -0.0154. The van der Waals surface area contributed by atoms with Crippen molar-refractivity contribution in [3.05, 3.63) is 0 Å². The van der Waals surface area contributed by atoms with Gasteiger partial charge in [-0.15, -0.1) is 0 Å². The van der Waals surface area contributed by atoms with Crippen LogP contribution in [0.4, 0.5) is 0 Å². The lowest BCUT2D eigenvalue weighted by Gasteiger charge is -2.34. The number of carbonyl (C=O) groups excluding carboxylic acids is 1. The second-order valence-electron chi connectivity index (χ2n) is 6.19. The van der Waals surface area contributed by atoms with Gasteiger partial charge in [-0.05, 0) is 25.7 Å². The monoisotopic (exact) mass is 269 g/mol. The normalized spacial score (nSPS) is 30.8. The van der Waals surface area contributed by atoms with Gasteiger partial charge in [0.05, 0.1) is 24.2 Å². The molecule has 0 aromatic rings. The fourth-order valence-corrected chi connectivity index (χ4v) is 3.49. The van der Waals surface area contributed by atoms with E-state index in [1.54, 1.807) is 7.11 Å². The number of amides is 1. The van der Waals surface area contributed by atoms with Crippen molar-refractivity contribution >= 4 is 5.91 Å². The molecule has 2 fully saturated rings. The highest BCUT2D eigenvalue weighted by Gasteiger charge is 2.33. The molecule has 0 saturated heterocycles. The Morgan fingerprint density at radius 3 is 2.58 bits per heavy atom. The predicted octanol–water partition coefficient (Wildman–Crippen LogP) is 2.15. The maximum atomic E-state index is 12.1. The first-order valence-electron chi connectivity index (χ1n) is 7.67. The molecule has 2 N–H and O–H groups in total. The number of nitrogens with one attached hydrogen (secondary N) is 1. The SMILES string of the molecule is COC1CCCCC1NC(=O)CC1(O)CCCCC1. The molecular weight excluding hydrogens is 242 g/mol. The Bertz CT molecular complexity index is 300. The van der Waals surface area contributed by atoms with Gasteiger partial charge in [0.1, 0.15) is 0 Å². The average Bonchev–Trinajstić information content (AvgIpc) is 2.39. The lowest BCUT2D eigenvalue weighted by atomic mass is 9.82. The van der Waals surface area contributed by atoms with E-state index >= 15 is 0 Å². The number of aliphatic hydroxyl groups is 1. The van der Waals surface area contributed by atoms with E-state index in [1.165, 1.54) is 12.8 Å². The lowest BCUT2D eigenvalue weighted by Crippen LogP contribution is -2.48. The number of ether oxygens (including phenoxy) is 1. The summed E-state index contributed by atoms with van der Waals surface area (Å²) in [5.41, 5.74) is -0.764. The minimum Gasteiger partial charge on any atom is -0.389 e. The zero-order valence-electron chi connectivity index (χ0n) is 12.0. The highest BCUT2D eigenvalue weighted by molar-refractivity contribution is 5.77. The third-order valence-corrected chi connectivity index (χ3v) is 4.63. The van der Waals surface area contributed by atoms with Gasteiger partial charge in [0.25, 0.3) is 0 Å². The minimum absolute atomic E-state index is 0.0154. The van der Waals surface area contributed by atoms with Crippen LogP contribution in [0.15, 0.2) is 0 Å². The predicted molar refractivity (Wildman–Crippen MR) is 73.8 cm³/mol. The molecule has 0 aromatic carbocycles. The minimum atomic E-state index is -0.764. The summed E-state index contributed by atoms with van der Waals surface area (Å²) in [7, 11) is 1.71. The van der Waals surface area contributed by atoms with Gasteiger partial charge in [-0.3, -0.25) is 4.79 Å². The van der Waals surface area contributed by atoms with E-state index < -0.39 is 5.60 Å². The zero-order valence-corrected chi connectivity index (χ0v) is 12.0. The number of rotatable bonds is 4. The summed E-state index contributed by atoms with van der Waals surface area (Å²) in [6.07, 6.45) is 9.49. The van der Waals surface area contributed by atoms with E-state index in [4.69, 9.17) is 4.74 Å². The van der Waals surface area contributed by atoms with Crippen LogP contribution in [0.1, 0.15) is 64.2 Å². The van der Waals surface area contributed by atoms with E-state index in [-0.39, 0.29) is 24.5 Å². The Labute approximate surface area is 115 Å². The van der Waals surface area contributed by atoms with Gasteiger partial charge in [-0.25, -0.2) is 0 Å². The number of methoxy groups -OCH3 is 1. The van der Waals surface area contributed by atoms with Crippen molar-refractivity contribution in [2.45, 2.75) is 82.0 Å². The largest absolute Gasteiger partial charge is 0.389 e. The number of hydrogen-bond acceptors (Lipinski definition) is 3. The van der Waals surface area contributed by atoms with Crippen molar-refractivity contribution in [2.75, 3.05) is 7.11 Å². The number of hydrogen-bond donors (Lipinski definition) is 2. The van der Waals surface area contributed by atoms with Gasteiger partial charge in [0.15, 0.2) is 0 Å². The topological polar surface area (TPSA) is 58.6 Å². The molecule has 0 spiro atoms. The van der Waals surface area contributed by atoms with Crippen molar-refractivity contribution < 1.29 is 14.6 Å². The summed E-state index contributed by atoms with van der Waals surface area (Å²) < 4.78 is 5.44. The molecule has 1 amide bonds. The molecule has 2 saturated carbocycles. The van der Waals surface area contributed by atoms with Crippen molar-refractivity contribution in [1.29, 1.82) is 0 Å². The zero-order chi connectivity index (χ0) is 13.7. The summed E-state index contributed by atoms with van der Waals surface area (Å²) in [6, 6.07) is 0.124. The first-order chi connectivity index (χ1) is 9.13. The molecule has 19 heavy (non-hydrogen) atoms. The maximum absolute atomic E-state index is 12.1. The maximum Gasteiger partial charge on any atom is 0.223 e. The Morgan fingerprint density at radius 1 is 1.21 bits per heavy atom. The molecular formula is C15H27NO3. The first-order valence-corrected chi connectivity index (χ1v) is 7.67. The van der Waals surface area contributed by atoms with E-state index in [9.17, 15) is 9.90 Å². The van der Waals surface area contributed by atoms with Gasteiger partial charge < -0.3 is 15.2 Å².